The van der Waals surface area contributed by atoms with Crippen molar-refractivity contribution in [1.29, 1.82) is 0 Å². The van der Waals surface area contributed by atoms with Crippen LogP contribution in [0.15, 0.2) is 34.1 Å². The van der Waals surface area contributed by atoms with Crippen molar-refractivity contribution < 1.29 is 9.18 Å². The molecule has 1 aromatic carbocycles. The van der Waals surface area contributed by atoms with Crippen molar-refractivity contribution in [2.45, 2.75) is 0 Å². The molecule has 0 fully saturated rings. The van der Waals surface area contributed by atoms with E-state index in [0.717, 1.165) is 3.79 Å². The zero-order valence-electron chi connectivity index (χ0n) is 8.54. The first-order valence-electron chi connectivity index (χ1n) is 4.68. The van der Waals surface area contributed by atoms with Crippen LogP contribution in [0.2, 0.25) is 0 Å². The standard InChI is InChI=1S/C11H8BrFN2OS/c12-10-4-3-9(17-10)11(16)15-8-5-6(14)1-2-7(8)13/h1-5H,14H2,(H,15,16). The fraction of sp³-hybridized carbons (Fsp3) is 0. The highest BCUT2D eigenvalue weighted by atomic mass is 79.9. The van der Waals surface area contributed by atoms with Crippen molar-refractivity contribution in [2.75, 3.05) is 11.1 Å². The van der Waals surface area contributed by atoms with Gasteiger partial charge in [0.05, 0.1) is 14.4 Å². The fourth-order valence-electron chi connectivity index (χ4n) is 1.26. The van der Waals surface area contributed by atoms with E-state index in [0.29, 0.717) is 10.6 Å². The summed E-state index contributed by atoms with van der Waals surface area (Å²) in [5.41, 5.74) is 6.00. The number of hydrogen-bond donors (Lipinski definition) is 2. The number of anilines is 2. The second kappa shape index (κ2) is 4.85. The van der Waals surface area contributed by atoms with Gasteiger partial charge in [0.15, 0.2) is 0 Å². The third-order valence-electron chi connectivity index (χ3n) is 2.04. The van der Waals surface area contributed by atoms with Gasteiger partial charge in [-0.25, -0.2) is 4.39 Å². The Labute approximate surface area is 110 Å². The zero-order chi connectivity index (χ0) is 12.4. The summed E-state index contributed by atoms with van der Waals surface area (Å²) in [4.78, 5) is 12.3. The topological polar surface area (TPSA) is 55.1 Å². The number of nitrogen functional groups attached to an aromatic ring is 1. The number of rotatable bonds is 2. The molecule has 0 atom stereocenters. The number of nitrogens with one attached hydrogen (secondary N) is 1. The third kappa shape index (κ3) is 2.83. The Hall–Kier alpha value is -1.40. The van der Waals surface area contributed by atoms with Gasteiger partial charge in [0.1, 0.15) is 5.82 Å². The Bertz CT molecular complexity index is 570. The molecule has 0 saturated heterocycles. The molecule has 0 aliphatic carbocycles. The first-order valence-corrected chi connectivity index (χ1v) is 6.29. The van der Waals surface area contributed by atoms with E-state index in [1.165, 1.54) is 29.5 Å². The van der Waals surface area contributed by atoms with Crippen molar-refractivity contribution >= 4 is 44.5 Å². The summed E-state index contributed by atoms with van der Waals surface area (Å²) in [7, 11) is 0. The summed E-state index contributed by atoms with van der Waals surface area (Å²) in [6, 6.07) is 7.46. The predicted octanol–water partition coefficient (Wildman–Crippen LogP) is 3.48. The van der Waals surface area contributed by atoms with Gasteiger partial charge >= 0.3 is 0 Å². The molecular formula is C11H8BrFN2OS. The summed E-state index contributed by atoms with van der Waals surface area (Å²) in [5.74, 6) is -0.867. The molecule has 3 nitrogen and oxygen atoms in total. The lowest BCUT2D eigenvalue weighted by molar-refractivity contribution is 0.103. The maximum absolute atomic E-state index is 13.4. The quantitative estimate of drug-likeness (QED) is 0.834. The van der Waals surface area contributed by atoms with E-state index in [-0.39, 0.29) is 11.6 Å². The predicted molar refractivity (Wildman–Crippen MR) is 70.8 cm³/mol. The van der Waals surface area contributed by atoms with Crippen molar-refractivity contribution in [1.82, 2.24) is 0 Å². The van der Waals surface area contributed by atoms with Crippen molar-refractivity contribution in [3.63, 3.8) is 0 Å². The molecular weight excluding hydrogens is 307 g/mol. The van der Waals surface area contributed by atoms with Crippen LogP contribution < -0.4 is 11.1 Å². The first kappa shape index (κ1) is 12.1. The minimum Gasteiger partial charge on any atom is -0.399 e. The number of hydrogen-bond acceptors (Lipinski definition) is 3. The monoisotopic (exact) mass is 314 g/mol. The van der Waals surface area contributed by atoms with Crippen LogP contribution in [0.5, 0.6) is 0 Å². The smallest absolute Gasteiger partial charge is 0.265 e. The third-order valence-corrected chi connectivity index (χ3v) is 3.66. The lowest BCUT2D eigenvalue weighted by Crippen LogP contribution is -2.11. The molecule has 1 aromatic heterocycles. The molecule has 0 aliphatic heterocycles. The molecule has 0 radical (unpaired) electrons. The second-order valence-electron chi connectivity index (χ2n) is 3.30. The van der Waals surface area contributed by atoms with Crippen LogP contribution in [0, 0.1) is 5.82 Å². The van der Waals surface area contributed by atoms with E-state index in [9.17, 15) is 9.18 Å². The van der Waals surface area contributed by atoms with Crippen LogP contribution in [-0.4, -0.2) is 5.91 Å². The van der Waals surface area contributed by atoms with Crippen LogP contribution in [0.4, 0.5) is 15.8 Å². The average Bonchev–Trinajstić information content (AvgIpc) is 2.70. The summed E-state index contributed by atoms with van der Waals surface area (Å²) in [5, 5.41) is 2.48. The Morgan fingerprint density at radius 2 is 2.12 bits per heavy atom. The largest absolute Gasteiger partial charge is 0.399 e. The van der Waals surface area contributed by atoms with Crippen LogP contribution in [0.25, 0.3) is 0 Å². The molecule has 1 heterocycles. The Balaban J connectivity index is 2.21. The molecule has 0 bridgehead atoms. The lowest BCUT2D eigenvalue weighted by atomic mass is 10.2. The van der Waals surface area contributed by atoms with Crippen molar-refractivity contribution in [3.8, 4) is 0 Å². The molecule has 3 N–H and O–H groups in total. The van der Waals surface area contributed by atoms with Crippen molar-refractivity contribution in [2.24, 2.45) is 0 Å². The van der Waals surface area contributed by atoms with Gasteiger partial charge in [-0.05, 0) is 46.3 Å². The molecule has 0 saturated carbocycles. The van der Waals surface area contributed by atoms with Gasteiger partial charge in [0, 0.05) is 5.69 Å². The van der Waals surface area contributed by atoms with Gasteiger partial charge in [-0.3, -0.25) is 4.79 Å². The van der Waals surface area contributed by atoms with Gasteiger partial charge in [-0.1, -0.05) is 0 Å². The van der Waals surface area contributed by atoms with E-state index in [4.69, 9.17) is 5.73 Å². The van der Waals surface area contributed by atoms with Crippen LogP contribution >= 0.6 is 27.3 Å². The normalized spacial score (nSPS) is 10.2. The van der Waals surface area contributed by atoms with Gasteiger partial charge in [0.25, 0.3) is 5.91 Å². The molecule has 17 heavy (non-hydrogen) atoms. The SMILES string of the molecule is Nc1ccc(F)c(NC(=O)c2ccc(Br)s2)c1. The average molecular weight is 315 g/mol. The molecule has 88 valence electrons. The van der Waals surface area contributed by atoms with E-state index in [1.807, 2.05) is 0 Å². The Morgan fingerprint density at radius 3 is 2.76 bits per heavy atom. The minimum absolute atomic E-state index is 0.0829. The first-order chi connectivity index (χ1) is 8.06. The minimum atomic E-state index is -0.511. The van der Waals surface area contributed by atoms with Gasteiger partial charge in [-0.15, -0.1) is 11.3 Å². The number of carbonyl (C=O) groups is 1. The van der Waals surface area contributed by atoms with Crippen LogP contribution in [-0.2, 0) is 0 Å². The summed E-state index contributed by atoms with van der Waals surface area (Å²) < 4.78 is 14.2. The molecule has 2 aromatic rings. The van der Waals surface area contributed by atoms with E-state index >= 15 is 0 Å². The number of amides is 1. The summed E-state index contributed by atoms with van der Waals surface area (Å²) in [6.07, 6.45) is 0. The maximum atomic E-state index is 13.4. The van der Waals surface area contributed by atoms with Crippen LogP contribution in [0.3, 0.4) is 0 Å². The molecule has 2 rings (SSSR count). The highest BCUT2D eigenvalue weighted by Gasteiger charge is 2.11. The zero-order valence-corrected chi connectivity index (χ0v) is 10.9. The second-order valence-corrected chi connectivity index (χ2v) is 5.76. The molecule has 0 spiro atoms. The van der Waals surface area contributed by atoms with E-state index < -0.39 is 5.82 Å². The van der Waals surface area contributed by atoms with Gasteiger partial charge in [0.2, 0.25) is 0 Å². The number of carbonyl (C=O) groups excluding carboxylic acids is 1. The number of nitrogens with two attached hydrogens (primary N) is 1. The fourth-order valence-corrected chi connectivity index (χ4v) is 2.54. The summed E-state index contributed by atoms with van der Waals surface area (Å²) >= 11 is 4.53. The Morgan fingerprint density at radius 1 is 1.35 bits per heavy atom. The van der Waals surface area contributed by atoms with Crippen LogP contribution in [0.1, 0.15) is 9.67 Å². The number of halogens is 2. The molecule has 0 unspecified atom stereocenters. The number of benzene rings is 1. The highest BCUT2D eigenvalue weighted by Crippen LogP contribution is 2.24. The maximum Gasteiger partial charge on any atom is 0.265 e. The highest BCUT2D eigenvalue weighted by molar-refractivity contribution is 9.11. The molecule has 1 amide bonds. The van der Waals surface area contributed by atoms with Gasteiger partial charge in [-0.2, -0.15) is 0 Å². The van der Waals surface area contributed by atoms with Crippen molar-refractivity contribution in [3.05, 3.63) is 44.8 Å². The van der Waals surface area contributed by atoms with E-state index in [1.54, 1.807) is 12.1 Å². The Kier molecular flexibility index (Phi) is 3.44. The van der Waals surface area contributed by atoms with E-state index in [2.05, 4.69) is 21.2 Å². The molecule has 0 aliphatic rings. The van der Waals surface area contributed by atoms with Gasteiger partial charge < -0.3 is 11.1 Å². The molecule has 6 heteroatoms. The lowest BCUT2D eigenvalue weighted by Gasteiger charge is -2.05. The number of thiophene rings is 1. The summed E-state index contributed by atoms with van der Waals surface area (Å²) in [6.45, 7) is 0.